The highest BCUT2D eigenvalue weighted by Crippen LogP contribution is 2.38. The molecule has 11 aromatic rings. The lowest BCUT2D eigenvalue weighted by molar-refractivity contribution is -0.141. The van der Waals surface area contributed by atoms with Crippen molar-refractivity contribution in [3.8, 4) is 23.0 Å². The summed E-state index contributed by atoms with van der Waals surface area (Å²) >= 11 is 3.45. The Morgan fingerprint density at radius 2 is 1.08 bits per heavy atom. The maximum absolute atomic E-state index is 13.6. The van der Waals surface area contributed by atoms with Gasteiger partial charge in [-0.25, -0.2) is 19.2 Å². The number of rotatable bonds is 12. The summed E-state index contributed by atoms with van der Waals surface area (Å²) < 4.78 is 41.6. The van der Waals surface area contributed by atoms with Crippen LogP contribution in [0.1, 0.15) is 95.6 Å². The molecule has 10 aromatic carbocycles. The van der Waals surface area contributed by atoms with E-state index in [9.17, 15) is 24.0 Å². The smallest absolute Gasteiger partial charge is 0.491 e. The Kier molecular flexibility index (Phi) is 21.0. The first kappa shape index (κ1) is 69.3. The van der Waals surface area contributed by atoms with Gasteiger partial charge in [-0.3, -0.25) is 9.63 Å². The normalized spacial score (nSPS) is 15.8. The molecule has 0 spiro atoms. The van der Waals surface area contributed by atoms with Gasteiger partial charge in [0.15, 0.2) is 11.6 Å². The molecule has 5 heterocycles. The Labute approximate surface area is 588 Å². The number of benzene rings is 10. The molecule has 0 bridgehead atoms. The first-order chi connectivity index (χ1) is 48.8. The van der Waals surface area contributed by atoms with Crippen LogP contribution in [0.2, 0.25) is 0 Å². The number of hydrogen-bond donors (Lipinski definition) is 0. The molecule has 512 valence electrons. The van der Waals surface area contributed by atoms with Crippen LogP contribution in [0.5, 0.6) is 23.0 Å². The Bertz CT molecular complexity index is 5200. The van der Waals surface area contributed by atoms with E-state index in [0.717, 1.165) is 110 Å². The predicted molar refractivity (Wildman–Crippen MR) is 387 cm³/mol. The largest absolute Gasteiger partial charge is 0.534 e. The van der Waals surface area contributed by atoms with Crippen molar-refractivity contribution in [1.29, 1.82) is 0 Å². The number of ether oxygens (including phenoxy) is 7. The molecule has 1 unspecified atom stereocenters. The minimum absolute atomic E-state index is 0.0543. The highest BCUT2D eigenvalue weighted by Gasteiger charge is 2.33. The Hall–Kier alpha value is -11.6. The quantitative estimate of drug-likeness (QED) is 0.0363. The molecule has 4 aliphatic heterocycles. The lowest BCUT2D eigenvalue weighted by Crippen LogP contribution is -2.25. The van der Waals surface area contributed by atoms with Gasteiger partial charge in [0.1, 0.15) is 72.7 Å². The van der Waals surface area contributed by atoms with E-state index < -0.39 is 29.9 Å². The lowest BCUT2D eigenvalue weighted by Gasteiger charge is -2.17. The number of carbonyl (C=O) groups is 5. The van der Waals surface area contributed by atoms with Gasteiger partial charge in [0.25, 0.3) is 0 Å². The molecular weight excluding hydrogens is 1350 g/mol. The third-order valence-electron chi connectivity index (χ3n) is 16.7. The maximum Gasteiger partial charge on any atom is 0.534 e. The van der Waals surface area contributed by atoms with Gasteiger partial charge >= 0.3 is 24.1 Å². The van der Waals surface area contributed by atoms with E-state index >= 15 is 0 Å². The molecule has 0 amide bonds. The van der Waals surface area contributed by atoms with Crippen LogP contribution in [0.3, 0.4) is 0 Å². The summed E-state index contributed by atoms with van der Waals surface area (Å²) in [4.78, 5) is 77.9. The van der Waals surface area contributed by atoms with Crippen molar-refractivity contribution < 1.29 is 76.5 Å². The second-order valence-electron chi connectivity index (χ2n) is 24.0. The molecule has 0 saturated carbocycles. The number of methoxy groups -OCH3 is 1. The fraction of sp³-hybridized carbons (Fsp3) is 0.203. The molecule has 1 saturated heterocycles. The average Bonchev–Trinajstić information content (AvgIpc) is 1.62. The van der Waals surface area contributed by atoms with Crippen LogP contribution in [0.4, 0.5) is 4.79 Å². The van der Waals surface area contributed by atoms with Gasteiger partial charge in [-0.1, -0.05) is 134 Å². The highest BCUT2D eigenvalue weighted by molar-refractivity contribution is 9.10. The van der Waals surface area contributed by atoms with Crippen molar-refractivity contribution >= 4 is 123 Å². The molecule has 0 aliphatic carbocycles. The minimum Gasteiger partial charge on any atom is -0.491 e. The molecule has 21 nitrogen and oxygen atoms in total. The first-order valence-electron chi connectivity index (χ1n) is 32.3. The number of nitrogens with zero attached hydrogens (tertiary/aromatic N) is 5. The van der Waals surface area contributed by atoms with Crippen molar-refractivity contribution in [2.24, 2.45) is 20.6 Å². The zero-order valence-corrected chi connectivity index (χ0v) is 57.9. The second kappa shape index (κ2) is 30.7. The maximum atomic E-state index is 13.6. The number of hydrogen-bond acceptors (Lipinski definition) is 20. The fourth-order valence-electron chi connectivity index (χ4n) is 12.0. The molecule has 22 heteroatoms. The summed E-state index contributed by atoms with van der Waals surface area (Å²) in [5.41, 5.74) is 10.6. The van der Waals surface area contributed by atoms with Gasteiger partial charge in [0.2, 0.25) is 0 Å². The van der Waals surface area contributed by atoms with E-state index in [-0.39, 0.29) is 18.5 Å². The third kappa shape index (κ3) is 15.8. The fourth-order valence-corrected chi connectivity index (χ4v) is 12.4. The zero-order chi connectivity index (χ0) is 70.9. The minimum atomic E-state index is -0.846. The van der Waals surface area contributed by atoms with Gasteiger partial charge in [0, 0.05) is 57.8 Å². The van der Waals surface area contributed by atoms with Gasteiger partial charge < -0.3 is 52.2 Å². The Balaban J connectivity index is 0.000000135. The monoisotopic (exact) mass is 1420 g/mol. The van der Waals surface area contributed by atoms with E-state index in [1.54, 1.807) is 31.2 Å². The SMILES string of the molecule is CC(=O)O/N=C1\COc2ccc3cc(Br)ccc3c21.CCn1c2ccc(C(=O)c3ccc(OCC4COC(C)(C)O4)cc3C)cc2c2cc(/C(C)=N/OC(C)=O)ccc21.COC(=O)O/N=C1\COc2ccc3ccccc3c21.O=C(O/N=C1\COc2ccc3ccccc3c21)c1ccccc1. The predicted octanol–water partition coefficient (Wildman–Crippen LogP) is 15.9. The van der Waals surface area contributed by atoms with Crippen molar-refractivity contribution in [3.05, 3.63) is 237 Å². The number of carbonyl (C=O) groups excluding carboxylic acids is 5. The van der Waals surface area contributed by atoms with Gasteiger partial charge in [-0.15, -0.1) is 0 Å². The highest BCUT2D eigenvalue weighted by atomic mass is 79.9. The topological polar surface area (TPSA) is 241 Å². The summed E-state index contributed by atoms with van der Waals surface area (Å²) in [7, 11) is 1.23. The molecule has 0 N–H and O–H groups in total. The number of oxime groups is 4. The van der Waals surface area contributed by atoms with Crippen LogP contribution in [0.15, 0.2) is 213 Å². The first-order valence-corrected chi connectivity index (χ1v) is 33.1. The molecule has 0 radical (unpaired) electrons. The summed E-state index contributed by atoms with van der Waals surface area (Å²) in [6.45, 7) is 14.7. The molecule has 4 aliphatic rings. The van der Waals surface area contributed by atoms with Crippen molar-refractivity contribution in [3.63, 3.8) is 0 Å². The van der Waals surface area contributed by atoms with Crippen molar-refractivity contribution in [2.75, 3.05) is 40.1 Å². The van der Waals surface area contributed by atoms with Crippen LogP contribution in [0.25, 0.3) is 54.1 Å². The number of fused-ring (bicyclic) bond motifs is 12. The molecule has 1 atom stereocenters. The number of halogens is 1. The number of aromatic nitrogens is 1. The van der Waals surface area contributed by atoms with Gasteiger partial charge in [-0.2, -0.15) is 0 Å². The summed E-state index contributed by atoms with van der Waals surface area (Å²) in [5.74, 6) is 0.912. The summed E-state index contributed by atoms with van der Waals surface area (Å²) in [6.07, 6.45) is -0.980. The van der Waals surface area contributed by atoms with Crippen LogP contribution < -0.4 is 18.9 Å². The van der Waals surface area contributed by atoms with Gasteiger partial charge in [-0.05, 0) is 169 Å². The zero-order valence-electron chi connectivity index (χ0n) is 56.4. The van der Waals surface area contributed by atoms with E-state index in [0.29, 0.717) is 71.7 Å². The van der Waals surface area contributed by atoms with Crippen LogP contribution in [0, 0.1) is 6.92 Å². The molecule has 15 rings (SSSR count). The average molecular weight is 1420 g/mol. The third-order valence-corrected chi connectivity index (χ3v) is 17.2. The van der Waals surface area contributed by atoms with E-state index in [1.807, 2.05) is 185 Å². The molecule has 101 heavy (non-hydrogen) atoms. The van der Waals surface area contributed by atoms with Gasteiger partial charge in [0.05, 0.1) is 41.7 Å². The summed E-state index contributed by atoms with van der Waals surface area (Å²) in [5, 5.41) is 24.0. The van der Waals surface area contributed by atoms with E-state index in [1.165, 1.54) is 21.0 Å². The Morgan fingerprint density at radius 3 is 1.63 bits per heavy atom. The Morgan fingerprint density at radius 1 is 0.545 bits per heavy atom. The van der Waals surface area contributed by atoms with Crippen molar-refractivity contribution in [2.45, 2.75) is 66.9 Å². The van der Waals surface area contributed by atoms with E-state index in [4.69, 9.17) is 42.9 Å². The van der Waals surface area contributed by atoms with Crippen LogP contribution in [-0.2, 0) is 49.7 Å². The van der Waals surface area contributed by atoms with Crippen LogP contribution >= 0.6 is 15.9 Å². The molecular formula is C79H68BrN5O16. The molecule has 1 fully saturated rings. The number of aryl methyl sites for hydroxylation is 2. The molecule has 1 aromatic heterocycles. The van der Waals surface area contributed by atoms with E-state index in [2.05, 4.69) is 57.6 Å². The standard InChI is InChI=1S/C32H34N2O6.C19H13NO3.C14H10BrNO3.C14H11NO4/c1-7-34-29-12-8-22(20(3)33-40-21(4)35)15-27(29)28-16-23(9-13-30(28)34)31(36)26-11-10-24(14-19(26)2)37-17-25-18-38-32(5,6)39-25;21-19(14-7-2-1-3-8-14)23-20-16-12-22-17-11-10-13-6-4-5-9-15(13)18(16)17;1-8(17)19-16-12-7-18-13-5-2-9-6-10(15)3-4-11(9)14(12)13;1-17-14(16)19-15-11-8-18-12-7-6-9-4-2-3-5-10(9)13(11)12/h8-16,25H,7,17-18H2,1-6H3;1-11H,12H2;2-6H,7H2,1H3;2-7H,8H2,1H3/b33-20+;20-16+;16-12+;15-11+. The summed E-state index contributed by atoms with van der Waals surface area (Å²) in [6, 6.07) is 59.7. The number of ketones is 1. The second-order valence-corrected chi connectivity index (χ2v) is 24.9. The van der Waals surface area contributed by atoms with Crippen molar-refractivity contribution in [1.82, 2.24) is 4.57 Å². The lowest BCUT2D eigenvalue weighted by atomic mass is 9.97. The van der Waals surface area contributed by atoms with Crippen LogP contribution in [-0.4, -0.2) is 109 Å².